The highest BCUT2D eigenvalue weighted by atomic mass is 19.1. The van der Waals surface area contributed by atoms with Gasteiger partial charge < -0.3 is 5.32 Å². The highest BCUT2D eigenvalue weighted by Crippen LogP contribution is 2.16. The number of rotatable bonds is 3. The van der Waals surface area contributed by atoms with Crippen LogP contribution in [0, 0.1) is 5.82 Å². The molecule has 1 aromatic carbocycles. The second kappa shape index (κ2) is 4.81. The van der Waals surface area contributed by atoms with Gasteiger partial charge in [0.15, 0.2) is 0 Å². The fraction of sp³-hybridized carbons (Fsp3) is 0.167. The molecule has 3 nitrogen and oxygen atoms in total. The topological polar surface area (TPSA) is 37.8 Å². The molecule has 4 heteroatoms. The lowest BCUT2D eigenvalue weighted by atomic mass is 10.1. The van der Waals surface area contributed by atoms with Gasteiger partial charge in [0.2, 0.25) is 0 Å². The number of nitrogens with one attached hydrogen (secondary N) is 1. The summed E-state index contributed by atoms with van der Waals surface area (Å²) in [7, 11) is 1.84. The number of hydrogen-bond donors (Lipinski definition) is 1. The summed E-state index contributed by atoms with van der Waals surface area (Å²) in [4.78, 5) is 8.49. The first-order chi connectivity index (χ1) is 7.79. The van der Waals surface area contributed by atoms with Crippen LogP contribution in [0.4, 0.5) is 4.39 Å². The summed E-state index contributed by atoms with van der Waals surface area (Å²) in [6, 6.07) is 8.08. The summed E-state index contributed by atoms with van der Waals surface area (Å²) in [5.74, 6) is 0.484. The van der Waals surface area contributed by atoms with E-state index in [0.717, 1.165) is 17.1 Å². The smallest absolute Gasteiger partial charge is 0.142 e. The van der Waals surface area contributed by atoms with Crippen LogP contribution in [0.1, 0.15) is 5.82 Å². The van der Waals surface area contributed by atoms with Gasteiger partial charge in [0, 0.05) is 11.8 Å². The number of aromatic nitrogens is 2. The lowest BCUT2D eigenvalue weighted by molar-refractivity contribution is 0.628. The van der Waals surface area contributed by atoms with Crippen molar-refractivity contribution < 1.29 is 4.39 Å². The Bertz CT molecular complexity index is 468. The maximum absolute atomic E-state index is 12.8. The van der Waals surface area contributed by atoms with E-state index in [2.05, 4.69) is 15.3 Å². The molecule has 2 aromatic rings. The van der Waals surface area contributed by atoms with Gasteiger partial charge >= 0.3 is 0 Å². The monoisotopic (exact) mass is 217 g/mol. The van der Waals surface area contributed by atoms with E-state index in [9.17, 15) is 4.39 Å². The van der Waals surface area contributed by atoms with Crippen molar-refractivity contribution in [1.82, 2.24) is 15.3 Å². The Labute approximate surface area is 93.4 Å². The summed E-state index contributed by atoms with van der Waals surface area (Å²) in [5.41, 5.74) is 1.70. The summed E-state index contributed by atoms with van der Waals surface area (Å²) in [6.45, 7) is 0.620. The Hall–Kier alpha value is -1.81. The largest absolute Gasteiger partial charge is 0.313 e. The molecule has 0 radical (unpaired) electrons. The molecule has 0 spiro atoms. The SMILES string of the molecule is CNCc1nccc(-c2ccc(F)cc2)n1. The van der Waals surface area contributed by atoms with Crippen molar-refractivity contribution in [2.24, 2.45) is 0 Å². The summed E-state index contributed by atoms with van der Waals surface area (Å²) in [6.07, 6.45) is 1.71. The van der Waals surface area contributed by atoms with Crippen LogP contribution in [0.5, 0.6) is 0 Å². The average molecular weight is 217 g/mol. The van der Waals surface area contributed by atoms with E-state index in [1.54, 1.807) is 18.3 Å². The first-order valence-corrected chi connectivity index (χ1v) is 5.02. The summed E-state index contributed by atoms with van der Waals surface area (Å²) in [5, 5.41) is 2.99. The van der Waals surface area contributed by atoms with Crippen molar-refractivity contribution in [3.8, 4) is 11.3 Å². The fourth-order valence-corrected chi connectivity index (χ4v) is 1.42. The van der Waals surface area contributed by atoms with Crippen LogP contribution in [-0.4, -0.2) is 17.0 Å². The minimum absolute atomic E-state index is 0.242. The number of hydrogen-bond acceptors (Lipinski definition) is 3. The van der Waals surface area contributed by atoms with Gasteiger partial charge in [0.1, 0.15) is 11.6 Å². The third kappa shape index (κ3) is 2.41. The molecular formula is C12H12FN3. The first kappa shape index (κ1) is 10.7. The number of benzene rings is 1. The molecule has 0 unspecified atom stereocenters. The molecule has 0 aliphatic heterocycles. The fourth-order valence-electron chi connectivity index (χ4n) is 1.42. The van der Waals surface area contributed by atoms with Crippen molar-refractivity contribution >= 4 is 0 Å². The Morgan fingerprint density at radius 2 is 1.94 bits per heavy atom. The zero-order valence-corrected chi connectivity index (χ0v) is 8.94. The van der Waals surface area contributed by atoms with Crippen LogP contribution in [0.2, 0.25) is 0 Å². The van der Waals surface area contributed by atoms with Crippen LogP contribution in [0.3, 0.4) is 0 Å². The van der Waals surface area contributed by atoms with Crippen LogP contribution < -0.4 is 5.32 Å². The highest BCUT2D eigenvalue weighted by molar-refractivity contribution is 5.58. The van der Waals surface area contributed by atoms with E-state index in [1.807, 2.05) is 13.1 Å². The molecule has 0 saturated carbocycles. The van der Waals surface area contributed by atoms with Gasteiger partial charge in [0.25, 0.3) is 0 Å². The third-order valence-electron chi connectivity index (χ3n) is 2.18. The molecule has 0 amide bonds. The minimum atomic E-state index is -0.242. The van der Waals surface area contributed by atoms with E-state index in [-0.39, 0.29) is 5.82 Å². The molecular weight excluding hydrogens is 205 g/mol. The summed E-state index contributed by atoms with van der Waals surface area (Å²) < 4.78 is 12.8. The second-order valence-electron chi connectivity index (χ2n) is 3.40. The molecule has 16 heavy (non-hydrogen) atoms. The molecule has 1 aromatic heterocycles. The van der Waals surface area contributed by atoms with Crippen LogP contribution in [-0.2, 0) is 6.54 Å². The van der Waals surface area contributed by atoms with Gasteiger partial charge in [-0.2, -0.15) is 0 Å². The molecule has 0 fully saturated rings. The highest BCUT2D eigenvalue weighted by Gasteiger charge is 2.01. The maximum Gasteiger partial charge on any atom is 0.142 e. The Morgan fingerprint density at radius 1 is 1.19 bits per heavy atom. The third-order valence-corrected chi connectivity index (χ3v) is 2.18. The maximum atomic E-state index is 12.8. The Kier molecular flexibility index (Phi) is 3.22. The zero-order valence-electron chi connectivity index (χ0n) is 8.94. The van der Waals surface area contributed by atoms with Gasteiger partial charge in [0.05, 0.1) is 12.2 Å². The van der Waals surface area contributed by atoms with Crippen molar-refractivity contribution in [2.75, 3.05) is 7.05 Å². The molecule has 0 bridgehead atoms. The van der Waals surface area contributed by atoms with Crippen molar-refractivity contribution in [1.29, 1.82) is 0 Å². The quantitative estimate of drug-likeness (QED) is 0.854. The Balaban J connectivity index is 2.32. The molecule has 2 rings (SSSR count). The average Bonchev–Trinajstić information content (AvgIpc) is 2.31. The van der Waals surface area contributed by atoms with E-state index < -0.39 is 0 Å². The molecule has 0 saturated heterocycles. The van der Waals surface area contributed by atoms with Crippen LogP contribution in [0.25, 0.3) is 11.3 Å². The molecule has 0 aliphatic carbocycles. The van der Waals surface area contributed by atoms with E-state index in [0.29, 0.717) is 6.54 Å². The van der Waals surface area contributed by atoms with Gasteiger partial charge in [-0.15, -0.1) is 0 Å². The molecule has 0 atom stereocenters. The first-order valence-electron chi connectivity index (χ1n) is 5.02. The lowest BCUT2D eigenvalue weighted by Gasteiger charge is -2.03. The van der Waals surface area contributed by atoms with Gasteiger partial charge in [-0.25, -0.2) is 14.4 Å². The van der Waals surface area contributed by atoms with Crippen LogP contribution in [0.15, 0.2) is 36.5 Å². The standard InChI is InChI=1S/C12H12FN3/c1-14-8-12-15-7-6-11(16-12)9-2-4-10(13)5-3-9/h2-7,14H,8H2,1H3. The van der Waals surface area contributed by atoms with Crippen LogP contribution >= 0.6 is 0 Å². The van der Waals surface area contributed by atoms with Gasteiger partial charge in [-0.3, -0.25) is 0 Å². The predicted molar refractivity (Wildman–Crippen MR) is 60.2 cm³/mol. The second-order valence-corrected chi connectivity index (χ2v) is 3.40. The minimum Gasteiger partial charge on any atom is -0.313 e. The predicted octanol–water partition coefficient (Wildman–Crippen LogP) is 2.00. The molecule has 0 aliphatic rings. The van der Waals surface area contributed by atoms with Crippen molar-refractivity contribution in [3.05, 3.63) is 48.2 Å². The molecule has 82 valence electrons. The number of halogens is 1. The van der Waals surface area contributed by atoms with E-state index in [4.69, 9.17) is 0 Å². The van der Waals surface area contributed by atoms with Gasteiger partial charge in [-0.1, -0.05) is 0 Å². The Morgan fingerprint density at radius 3 is 2.62 bits per heavy atom. The van der Waals surface area contributed by atoms with E-state index >= 15 is 0 Å². The normalized spacial score (nSPS) is 10.4. The lowest BCUT2D eigenvalue weighted by Crippen LogP contribution is -2.09. The number of nitrogens with zero attached hydrogens (tertiary/aromatic N) is 2. The zero-order chi connectivity index (χ0) is 11.4. The molecule has 1 heterocycles. The van der Waals surface area contributed by atoms with Gasteiger partial charge in [-0.05, 0) is 37.4 Å². The van der Waals surface area contributed by atoms with Crippen molar-refractivity contribution in [2.45, 2.75) is 6.54 Å². The van der Waals surface area contributed by atoms with E-state index in [1.165, 1.54) is 12.1 Å². The van der Waals surface area contributed by atoms with Crippen molar-refractivity contribution in [3.63, 3.8) is 0 Å². The molecule has 1 N–H and O–H groups in total. The summed E-state index contributed by atoms with van der Waals surface area (Å²) >= 11 is 0.